The molecule has 98 valence electrons. The average molecular weight is 259 g/mol. The first-order chi connectivity index (χ1) is 8.55. The number of rotatable bonds is 5. The van der Waals surface area contributed by atoms with Crippen molar-refractivity contribution in [2.24, 2.45) is 0 Å². The monoisotopic (exact) mass is 259 g/mol. The van der Waals surface area contributed by atoms with Gasteiger partial charge in [0.05, 0.1) is 31.1 Å². The molecule has 2 aromatic rings. The first-order valence-corrected chi connectivity index (χ1v) is 5.38. The molecule has 0 aliphatic rings. The fourth-order valence-corrected chi connectivity index (χ4v) is 1.45. The van der Waals surface area contributed by atoms with E-state index >= 15 is 0 Å². The van der Waals surface area contributed by atoms with Crippen molar-refractivity contribution in [3.63, 3.8) is 0 Å². The van der Waals surface area contributed by atoms with Gasteiger partial charge in [-0.25, -0.2) is 0 Å². The summed E-state index contributed by atoms with van der Waals surface area (Å²) in [6.07, 6.45) is -0.943. The first-order valence-electron chi connectivity index (χ1n) is 5.38. The summed E-state index contributed by atoms with van der Waals surface area (Å²) in [5.74, 6) is 0.784. The second-order valence-corrected chi connectivity index (χ2v) is 3.75. The third kappa shape index (κ3) is 3.36. The molecule has 0 fully saturated rings. The quantitative estimate of drug-likeness (QED) is 0.838. The van der Waals surface area contributed by atoms with Crippen molar-refractivity contribution in [2.75, 3.05) is 6.54 Å². The lowest BCUT2D eigenvalue weighted by Gasteiger charge is -2.03. The normalized spacial score (nSPS) is 11.9. The second-order valence-electron chi connectivity index (χ2n) is 3.75. The number of hydrogen-bond donors (Lipinski definition) is 1. The highest BCUT2D eigenvalue weighted by atomic mass is 19.4. The minimum absolute atomic E-state index is 0.372. The van der Waals surface area contributed by atoms with Crippen LogP contribution < -0.4 is 5.32 Å². The first kappa shape index (κ1) is 12.7. The average Bonchev–Trinajstić information content (AvgIpc) is 2.95. The summed E-state index contributed by atoms with van der Waals surface area (Å²) in [6.45, 7) is 1.43. The van der Waals surface area contributed by atoms with Gasteiger partial charge in [-0.2, -0.15) is 18.3 Å². The van der Waals surface area contributed by atoms with Crippen molar-refractivity contribution in [3.8, 4) is 0 Å². The Morgan fingerprint density at radius 3 is 2.83 bits per heavy atom. The summed E-state index contributed by atoms with van der Waals surface area (Å²) in [7, 11) is 0. The van der Waals surface area contributed by atoms with E-state index in [9.17, 15) is 13.2 Å². The van der Waals surface area contributed by atoms with Crippen LogP contribution >= 0.6 is 0 Å². The Morgan fingerprint density at radius 1 is 1.39 bits per heavy atom. The lowest BCUT2D eigenvalue weighted by atomic mass is 10.4. The van der Waals surface area contributed by atoms with E-state index in [1.54, 1.807) is 12.3 Å². The van der Waals surface area contributed by atoms with E-state index in [-0.39, 0.29) is 0 Å². The van der Waals surface area contributed by atoms with Crippen LogP contribution in [0.3, 0.4) is 0 Å². The largest absolute Gasteiger partial charge is 0.468 e. The fraction of sp³-hybridized carbons (Fsp3) is 0.364. The number of furan rings is 1. The van der Waals surface area contributed by atoms with Gasteiger partial charge in [-0.05, 0) is 12.1 Å². The van der Waals surface area contributed by atoms with Gasteiger partial charge in [0.1, 0.15) is 5.76 Å². The lowest BCUT2D eigenvalue weighted by Crippen LogP contribution is -2.19. The summed E-state index contributed by atoms with van der Waals surface area (Å²) in [4.78, 5) is 0. The van der Waals surface area contributed by atoms with Gasteiger partial charge < -0.3 is 9.73 Å². The lowest BCUT2D eigenvalue weighted by molar-refractivity contribution is -0.137. The van der Waals surface area contributed by atoms with E-state index in [1.165, 1.54) is 4.68 Å². The third-order valence-electron chi connectivity index (χ3n) is 2.36. The topological polar surface area (TPSA) is 43.0 Å². The second kappa shape index (κ2) is 5.26. The molecule has 1 N–H and O–H groups in total. The van der Waals surface area contributed by atoms with Gasteiger partial charge >= 0.3 is 6.18 Å². The minimum atomic E-state index is -4.33. The van der Waals surface area contributed by atoms with Crippen LogP contribution in [0.1, 0.15) is 11.3 Å². The van der Waals surface area contributed by atoms with Crippen molar-refractivity contribution < 1.29 is 17.6 Å². The zero-order valence-electron chi connectivity index (χ0n) is 9.44. The molecule has 0 saturated carbocycles. The molecule has 0 aliphatic carbocycles. The van der Waals surface area contributed by atoms with Gasteiger partial charge in [-0.3, -0.25) is 4.68 Å². The summed E-state index contributed by atoms with van der Waals surface area (Å²) < 4.78 is 43.2. The number of nitrogens with one attached hydrogen (secondary N) is 1. The number of nitrogens with zero attached hydrogens (tertiary/aromatic N) is 2. The zero-order chi connectivity index (χ0) is 13.0. The number of aromatic nitrogens is 2. The number of halogens is 3. The number of hydrogen-bond acceptors (Lipinski definition) is 3. The van der Waals surface area contributed by atoms with Crippen LogP contribution in [0.15, 0.2) is 35.2 Å². The molecular formula is C11H12F3N3O. The van der Waals surface area contributed by atoms with Crippen molar-refractivity contribution in [2.45, 2.75) is 19.3 Å². The summed E-state index contributed by atoms with van der Waals surface area (Å²) in [5, 5.41) is 6.70. The molecule has 0 radical (unpaired) electrons. The summed E-state index contributed by atoms with van der Waals surface area (Å²) in [5.41, 5.74) is -0.728. The molecular weight excluding hydrogens is 247 g/mol. The SMILES string of the molecule is FC(F)(F)c1cnn(CCNCc2ccco2)c1. The van der Waals surface area contributed by atoms with Crippen LogP contribution in [0.2, 0.25) is 0 Å². The van der Waals surface area contributed by atoms with Crippen molar-refractivity contribution >= 4 is 0 Å². The van der Waals surface area contributed by atoms with Crippen molar-refractivity contribution in [1.82, 2.24) is 15.1 Å². The standard InChI is InChI=1S/C11H12F3N3O/c12-11(13,14)9-6-16-17(8-9)4-3-15-7-10-2-1-5-18-10/h1-2,5-6,8,15H,3-4,7H2. The van der Waals surface area contributed by atoms with E-state index < -0.39 is 11.7 Å². The highest BCUT2D eigenvalue weighted by Crippen LogP contribution is 2.28. The van der Waals surface area contributed by atoms with E-state index in [1.807, 2.05) is 6.07 Å². The third-order valence-corrected chi connectivity index (χ3v) is 2.36. The van der Waals surface area contributed by atoms with Gasteiger partial charge in [-0.1, -0.05) is 0 Å². The Balaban J connectivity index is 1.75. The maximum atomic E-state index is 12.3. The molecule has 7 heteroatoms. The summed E-state index contributed by atoms with van der Waals surface area (Å²) >= 11 is 0. The van der Waals surface area contributed by atoms with Crippen LogP contribution in [0.25, 0.3) is 0 Å². The molecule has 0 saturated heterocycles. The molecule has 2 heterocycles. The Bertz CT molecular complexity index is 476. The zero-order valence-corrected chi connectivity index (χ0v) is 9.44. The van der Waals surface area contributed by atoms with Crippen LogP contribution in [-0.4, -0.2) is 16.3 Å². The molecule has 0 amide bonds. The molecule has 0 spiro atoms. The maximum Gasteiger partial charge on any atom is 0.419 e. The van der Waals surface area contributed by atoms with Gasteiger partial charge in [0.2, 0.25) is 0 Å². The highest BCUT2D eigenvalue weighted by Gasteiger charge is 2.31. The van der Waals surface area contributed by atoms with Crippen molar-refractivity contribution in [3.05, 3.63) is 42.1 Å². The Morgan fingerprint density at radius 2 is 2.22 bits per heavy atom. The minimum Gasteiger partial charge on any atom is -0.468 e. The number of alkyl halides is 3. The molecule has 0 aromatic carbocycles. The summed E-state index contributed by atoms with van der Waals surface area (Å²) in [6, 6.07) is 3.60. The predicted octanol–water partition coefficient (Wildman–Crippen LogP) is 2.28. The maximum absolute atomic E-state index is 12.3. The molecule has 0 aliphatic heterocycles. The molecule has 0 bridgehead atoms. The van der Waals surface area contributed by atoms with Gasteiger partial charge in [0, 0.05) is 12.7 Å². The van der Waals surface area contributed by atoms with E-state index in [4.69, 9.17) is 4.42 Å². The Hall–Kier alpha value is -1.76. The molecule has 0 atom stereocenters. The molecule has 0 unspecified atom stereocenters. The fourth-order valence-electron chi connectivity index (χ4n) is 1.45. The highest BCUT2D eigenvalue weighted by molar-refractivity contribution is 5.08. The van der Waals surface area contributed by atoms with E-state index in [0.717, 1.165) is 18.2 Å². The van der Waals surface area contributed by atoms with Gasteiger partial charge in [0.25, 0.3) is 0 Å². The Kier molecular flexibility index (Phi) is 3.71. The van der Waals surface area contributed by atoms with E-state index in [0.29, 0.717) is 19.6 Å². The van der Waals surface area contributed by atoms with Crippen LogP contribution in [0, 0.1) is 0 Å². The van der Waals surface area contributed by atoms with E-state index in [2.05, 4.69) is 10.4 Å². The molecule has 2 rings (SSSR count). The smallest absolute Gasteiger partial charge is 0.419 e. The Labute approximate surface area is 101 Å². The van der Waals surface area contributed by atoms with Crippen molar-refractivity contribution in [1.29, 1.82) is 0 Å². The predicted molar refractivity (Wildman–Crippen MR) is 57.6 cm³/mol. The van der Waals surface area contributed by atoms with Crippen LogP contribution in [0.4, 0.5) is 13.2 Å². The van der Waals surface area contributed by atoms with Crippen LogP contribution in [0.5, 0.6) is 0 Å². The van der Waals surface area contributed by atoms with Gasteiger partial charge in [0.15, 0.2) is 0 Å². The van der Waals surface area contributed by atoms with Gasteiger partial charge in [-0.15, -0.1) is 0 Å². The molecule has 2 aromatic heterocycles. The van der Waals surface area contributed by atoms with Crippen LogP contribution in [-0.2, 0) is 19.3 Å². The molecule has 4 nitrogen and oxygen atoms in total. The molecule has 18 heavy (non-hydrogen) atoms.